The van der Waals surface area contributed by atoms with Crippen LogP contribution in [0.25, 0.3) is 10.9 Å². The average molecular weight is 513 g/mol. The molecule has 0 amide bonds. The van der Waals surface area contributed by atoms with Crippen LogP contribution in [0, 0.1) is 6.92 Å². The summed E-state index contributed by atoms with van der Waals surface area (Å²) >= 11 is 0. The molecule has 10 nitrogen and oxygen atoms in total. The first-order valence-electron chi connectivity index (χ1n) is 12.3. The summed E-state index contributed by atoms with van der Waals surface area (Å²) in [5.74, 6) is 2.17. The number of nitrogens with zero attached hydrogens (tertiary/aromatic N) is 4. The summed E-state index contributed by atoms with van der Waals surface area (Å²) in [5, 5.41) is 4.21. The number of fused-ring (bicyclic) bond motifs is 1. The number of hydrogen-bond acceptors (Lipinski definition) is 9. The molecule has 0 spiro atoms. The second-order valence-electron chi connectivity index (χ2n) is 9.51. The second kappa shape index (κ2) is 10.4. The maximum atomic E-state index is 11.8. The van der Waals surface area contributed by atoms with Crippen molar-refractivity contribution in [3.05, 3.63) is 42.2 Å². The molecule has 4 heterocycles. The first-order chi connectivity index (χ1) is 17.3. The number of hydrogen-bond donors (Lipinski definition) is 2. The van der Waals surface area contributed by atoms with Crippen LogP contribution in [-0.4, -0.2) is 68.1 Å². The van der Waals surface area contributed by atoms with Gasteiger partial charge in [-0.25, -0.2) is 13.4 Å². The van der Waals surface area contributed by atoms with Crippen LogP contribution in [0.15, 0.2) is 36.7 Å². The fraction of sp³-hybridized carbons (Fsp3) is 0.480. The minimum absolute atomic E-state index is 0.0104. The minimum Gasteiger partial charge on any atom is -0.474 e. The van der Waals surface area contributed by atoms with Crippen molar-refractivity contribution in [2.45, 2.75) is 44.8 Å². The predicted molar refractivity (Wildman–Crippen MR) is 140 cm³/mol. The predicted octanol–water partition coefficient (Wildman–Crippen LogP) is 3.34. The number of rotatable bonds is 7. The van der Waals surface area contributed by atoms with E-state index >= 15 is 0 Å². The van der Waals surface area contributed by atoms with Crippen molar-refractivity contribution < 1.29 is 17.9 Å². The Bertz CT molecular complexity index is 1300. The van der Waals surface area contributed by atoms with Crippen molar-refractivity contribution in [2.24, 2.45) is 0 Å². The number of sulfonamides is 1. The molecule has 5 rings (SSSR count). The summed E-state index contributed by atoms with van der Waals surface area (Å²) in [6.07, 6.45) is 8.19. The molecule has 1 saturated heterocycles. The van der Waals surface area contributed by atoms with Crippen molar-refractivity contribution in [1.82, 2.24) is 15.0 Å². The number of pyridine rings is 3. The highest BCUT2D eigenvalue weighted by molar-refractivity contribution is 7.92. The molecule has 1 aliphatic carbocycles. The summed E-state index contributed by atoms with van der Waals surface area (Å²) in [7, 11) is -3.43. The van der Waals surface area contributed by atoms with Crippen LogP contribution < -0.4 is 19.7 Å². The van der Waals surface area contributed by atoms with Gasteiger partial charge in [0.15, 0.2) is 0 Å². The van der Waals surface area contributed by atoms with Crippen LogP contribution in [0.1, 0.15) is 31.2 Å². The molecule has 36 heavy (non-hydrogen) atoms. The van der Waals surface area contributed by atoms with Crippen LogP contribution >= 0.6 is 0 Å². The molecule has 1 aliphatic heterocycles. The number of morpholine rings is 1. The molecular formula is C25H32N6O4S. The van der Waals surface area contributed by atoms with Gasteiger partial charge in [0.05, 0.1) is 42.3 Å². The Balaban J connectivity index is 1.35. The van der Waals surface area contributed by atoms with Crippen LogP contribution in [0.2, 0.25) is 0 Å². The van der Waals surface area contributed by atoms with E-state index in [1.807, 2.05) is 25.3 Å². The molecule has 0 aromatic carbocycles. The first-order valence-corrected chi connectivity index (χ1v) is 14.2. The van der Waals surface area contributed by atoms with Crippen LogP contribution in [0.5, 0.6) is 5.88 Å². The van der Waals surface area contributed by atoms with Crippen molar-refractivity contribution in [3.63, 3.8) is 0 Å². The van der Waals surface area contributed by atoms with Gasteiger partial charge in [-0.2, -0.15) is 4.98 Å². The third kappa shape index (κ3) is 6.14. The Kier molecular flexibility index (Phi) is 7.10. The highest BCUT2D eigenvalue weighted by atomic mass is 32.2. The first kappa shape index (κ1) is 24.5. The van der Waals surface area contributed by atoms with E-state index in [0.29, 0.717) is 41.7 Å². The summed E-state index contributed by atoms with van der Waals surface area (Å²) in [6, 6.07) is 8.08. The van der Waals surface area contributed by atoms with Gasteiger partial charge in [0.1, 0.15) is 17.7 Å². The monoisotopic (exact) mass is 512 g/mol. The minimum atomic E-state index is -3.43. The zero-order valence-electron chi connectivity index (χ0n) is 20.6. The molecule has 2 N–H and O–H groups in total. The van der Waals surface area contributed by atoms with Gasteiger partial charge in [0.25, 0.3) is 0 Å². The van der Waals surface area contributed by atoms with Crippen molar-refractivity contribution >= 4 is 38.2 Å². The van der Waals surface area contributed by atoms with E-state index in [1.165, 1.54) is 6.20 Å². The zero-order chi connectivity index (χ0) is 25.1. The Morgan fingerprint density at radius 2 is 1.83 bits per heavy atom. The van der Waals surface area contributed by atoms with Crippen LogP contribution in [0.3, 0.4) is 0 Å². The lowest BCUT2D eigenvalue weighted by Gasteiger charge is -2.31. The average Bonchev–Trinajstić information content (AvgIpc) is 2.86. The molecule has 2 fully saturated rings. The maximum Gasteiger partial charge on any atom is 0.229 e. The van der Waals surface area contributed by atoms with Crippen LogP contribution in [-0.2, 0) is 14.8 Å². The van der Waals surface area contributed by atoms with E-state index in [0.717, 1.165) is 62.2 Å². The Hall–Kier alpha value is -3.18. The molecule has 11 heteroatoms. The third-order valence-corrected chi connectivity index (χ3v) is 7.09. The molecule has 3 aromatic heterocycles. The van der Waals surface area contributed by atoms with Gasteiger partial charge >= 0.3 is 0 Å². The van der Waals surface area contributed by atoms with E-state index in [9.17, 15) is 8.42 Å². The Morgan fingerprint density at radius 1 is 1.06 bits per heavy atom. The standard InChI is InChI=1S/C25H32N6O4S/c1-17-3-8-23(27-15-17)28-18-4-6-20(7-5-18)35-25-21-13-19(30-36(2,32)33)16-26-22(21)14-24(29-25)31-9-11-34-12-10-31/h3,8,13-16,18,20,30H,4-7,9-12H2,1-2H3,(H,27,28). The van der Waals surface area contributed by atoms with E-state index in [1.54, 1.807) is 6.07 Å². The largest absolute Gasteiger partial charge is 0.474 e. The highest BCUT2D eigenvalue weighted by Crippen LogP contribution is 2.33. The number of nitrogens with one attached hydrogen (secondary N) is 2. The zero-order valence-corrected chi connectivity index (χ0v) is 21.4. The molecule has 3 aromatic rings. The molecule has 1 saturated carbocycles. The molecule has 2 aliphatic rings. The Labute approximate surface area is 211 Å². The number of aryl methyl sites for hydroxylation is 1. The van der Waals surface area contributed by atoms with E-state index in [2.05, 4.69) is 31.0 Å². The number of aromatic nitrogens is 3. The van der Waals surface area contributed by atoms with E-state index in [-0.39, 0.29) is 6.10 Å². The molecule has 0 radical (unpaired) electrons. The smallest absolute Gasteiger partial charge is 0.229 e. The van der Waals surface area contributed by atoms with Gasteiger partial charge in [0, 0.05) is 31.4 Å². The van der Waals surface area contributed by atoms with E-state index in [4.69, 9.17) is 14.5 Å². The van der Waals surface area contributed by atoms with Gasteiger partial charge in [-0.15, -0.1) is 0 Å². The molecule has 0 unspecified atom stereocenters. The van der Waals surface area contributed by atoms with E-state index < -0.39 is 10.0 Å². The molecule has 0 bridgehead atoms. The quantitative estimate of drug-likeness (QED) is 0.491. The number of anilines is 3. The lowest BCUT2D eigenvalue weighted by molar-refractivity contribution is 0.122. The number of ether oxygens (including phenoxy) is 2. The van der Waals surface area contributed by atoms with Crippen molar-refractivity contribution in [3.8, 4) is 5.88 Å². The van der Waals surface area contributed by atoms with Gasteiger partial charge in [0.2, 0.25) is 15.9 Å². The fourth-order valence-corrected chi connectivity index (χ4v) is 5.18. The lowest BCUT2D eigenvalue weighted by Crippen LogP contribution is -2.37. The summed E-state index contributed by atoms with van der Waals surface area (Å²) in [6.45, 7) is 4.81. The molecular weight excluding hydrogens is 480 g/mol. The SMILES string of the molecule is Cc1ccc(NC2CCC(Oc3nc(N4CCOCC4)cc4ncc(NS(C)(=O)=O)cc34)CC2)nc1. The molecule has 192 valence electrons. The fourth-order valence-electron chi connectivity index (χ4n) is 4.64. The summed E-state index contributed by atoms with van der Waals surface area (Å²) < 4.78 is 38.0. The topological polar surface area (TPSA) is 119 Å². The lowest BCUT2D eigenvalue weighted by atomic mass is 9.93. The second-order valence-corrected chi connectivity index (χ2v) is 11.3. The highest BCUT2D eigenvalue weighted by Gasteiger charge is 2.25. The van der Waals surface area contributed by atoms with Gasteiger partial charge < -0.3 is 19.7 Å². The maximum absolute atomic E-state index is 11.8. The van der Waals surface area contributed by atoms with Gasteiger partial charge in [-0.1, -0.05) is 6.07 Å². The Morgan fingerprint density at radius 3 is 2.53 bits per heavy atom. The summed E-state index contributed by atoms with van der Waals surface area (Å²) in [5.41, 5.74) is 2.23. The normalized spacial score (nSPS) is 20.8. The van der Waals surface area contributed by atoms with Crippen LogP contribution in [0.4, 0.5) is 17.3 Å². The van der Waals surface area contributed by atoms with Gasteiger partial charge in [-0.05, 0) is 50.3 Å². The van der Waals surface area contributed by atoms with Crippen molar-refractivity contribution in [1.29, 1.82) is 0 Å². The third-order valence-electron chi connectivity index (χ3n) is 6.49. The van der Waals surface area contributed by atoms with Crippen molar-refractivity contribution in [2.75, 3.05) is 47.5 Å². The van der Waals surface area contributed by atoms with Gasteiger partial charge in [-0.3, -0.25) is 9.71 Å². The summed E-state index contributed by atoms with van der Waals surface area (Å²) in [4.78, 5) is 16.0. The molecule has 0 atom stereocenters.